The summed E-state index contributed by atoms with van der Waals surface area (Å²) in [6.07, 6.45) is 1.22. The highest BCUT2D eigenvalue weighted by Gasteiger charge is 2.24. The predicted molar refractivity (Wildman–Crippen MR) is 71.2 cm³/mol. The van der Waals surface area contributed by atoms with Crippen LogP contribution < -0.4 is 15.8 Å². The molecule has 1 aliphatic rings. The first-order valence-electron chi connectivity index (χ1n) is 5.99. The SMILES string of the molecule is CC(N)C1CN(c2ccc(S(N)(=O)=O)cn2)CCO1. The Morgan fingerprint density at radius 2 is 2.26 bits per heavy atom. The summed E-state index contributed by atoms with van der Waals surface area (Å²) >= 11 is 0. The lowest BCUT2D eigenvalue weighted by atomic mass is 10.1. The van der Waals surface area contributed by atoms with Gasteiger partial charge in [0.15, 0.2) is 0 Å². The molecule has 0 aromatic carbocycles. The van der Waals surface area contributed by atoms with E-state index in [2.05, 4.69) is 4.98 Å². The zero-order chi connectivity index (χ0) is 14.0. The van der Waals surface area contributed by atoms with Crippen molar-refractivity contribution in [2.24, 2.45) is 10.9 Å². The van der Waals surface area contributed by atoms with Crippen LogP contribution in [0.1, 0.15) is 6.92 Å². The molecule has 0 saturated carbocycles. The van der Waals surface area contributed by atoms with E-state index in [9.17, 15) is 8.42 Å². The number of hydrogen-bond donors (Lipinski definition) is 2. The molecule has 1 aromatic rings. The predicted octanol–water partition coefficient (Wildman–Crippen LogP) is -0.719. The Bertz CT molecular complexity index is 529. The van der Waals surface area contributed by atoms with Crippen LogP contribution in [0.2, 0.25) is 0 Å². The van der Waals surface area contributed by atoms with Crippen molar-refractivity contribution in [1.29, 1.82) is 0 Å². The minimum atomic E-state index is -3.70. The zero-order valence-corrected chi connectivity index (χ0v) is 11.5. The lowest BCUT2D eigenvalue weighted by Crippen LogP contribution is -2.49. The average Bonchev–Trinajstić information content (AvgIpc) is 2.38. The Hall–Kier alpha value is -1.22. The Kier molecular flexibility index (Phi) is 4.04. The van der Waals surface area contributed by atoms with Crippen molar-refractivity contribution < 1.29 is 13.2 Å². The molecule has 4 N–H and O–H groups in total. The molecule has 1 saturated heterocycles. The fourth-order valence-electron chi connectivity index (χ4n) is 1.93. The van der Waals surface area contributed by atoms with Gasteiger partial charge in [0.05, 0.1) is 12.7 Å². The number of sulfonamides is 1. The van der Waals surface area contributed by atoms with E-state index in [-0.39, 0.29) is 17.0 Å². The highest BCUT2D eigenvalue weighted by Crippen LogP contribution is 2.17. The summed E-state index contributed by atoms with van der Waals surface area (Å²) in [5.41, 5.74) is 5.82. The molecule has 1 aliphatic heterocycles. The fraction of sp³-hybridized carbons (Fsp3) is 0.545. The first kappa shape index (κ1) is 14.2. The highest BCUT2D eigenvalue weighted by atomic mass is 32.2. The average molecular weight is 286 g/mol. The molecule has 2 atom stereocenters. The number of nitrogens with two attached hydrogens (primary N) is 2. The van der Waals surface area contributed by atoms with Gasteiger partial charge in [0.2, 0.25) is 10.0 Å². The number of ether oxygens (including phenoxy) is 1. The fourth-order valence-corrected chi connectivity index (χ4v) is 2.39. The van der Waals surface area contributed by atoms with Crippen molar-refractivity contribution >= 4 is 15.8 Å². The molecule has 2 rings (SSSR count). The standard InChI is InChI=1S/C11H18N4O3S/c1-8(12)10-7-15(4-5-18-10)11-3-2-9(6-14-11)19(13,16)17/h2-3,6,8,10H,4-5,7,12H2,1H3,(H2,13,16,17). The van der Waals surface area contributed by atoms with Crippen LogP contribution in [0.3, 0.4) is 0 Å². The van der Waals surface area contributed by atoms with Gasteiger partial charge in [0, 0.05) is 25.3 Å². The number of morpholine rings is 1. The molecular weight excluding hydrogens is 268 g/mol. The molecule has 0 spiro atoms. The third-order valence-electron chi connectivity index (χ3n) is 3.05. The largest absolute Gasteiger partial charge is 0.373 e. The first-order valence-corrected chi connectivity index (χ1v) is 7.53. The smallest absolute Gasteiger partial charge is 0.239 e. The maximum atomic E-state index is 11.1. The Morgan fingerprint density at radius 3 is 2.79 bits per heavy atom. The second-order valence-electron chi connectivity index (χ2n) is 4.61. The maximum absolute atomic E-state index is 11.1. The molecule has 0 amide bonds. The van der Waals surface area contributed by atoms with Crippen molar-refractivity contribution in [3.63, 3.8) is 0 Å². The van der Waals surface area contributed by atoms with Crippen LogP contribution in [-0.4, -0.2) is 45.2 Å². The zero-order valence-electron chi connectivity index (χ0n) is 10.7. The highest BCUT2D eigenvalue weighted by molar-refractivity contribution is 7.89. The minimum absolute atomic E-state index is 0.00764. The summed E-state index contributed by atoms with van der Waals surface area (Å²) in [5.74, 6) is 0.696. The van der Waals surface area contributed by atoms with Crippen molar-refractivity contribution in [1.82, 2.24) is 4.98 Å². The van der Waals surface area contributed by atoms with Gasteiger partial charge in [-0.05, 0) is 19.1 Å². The lowest BCUT2D eigenvalue weighted by molar-refractivity contribution is 0.0273. The molecule has 7 nitrogen and oxygen atoms in total. The van der Waals surface area contributed by atoms with E-state index in [0.717, 1.165) is 0 Å². The number of rotatable bonds is 3. The molecule has 106 valence electrons. The Balaban J connectivity index is 2.14. The van der Waals surface area contributed by atoms with Crippen molar-refractivity contribution in [2.45, 2.75) is 24.0 Å². The van der Waals surface area contributed by atoms with Gasteiger partial charge < -0.3 is 15.4 Å². The van der Waals surface area contributed by atoms with Crippen LogP contribution in [0.4, 0.5) is 5.82 Å². The number of pyridine rings is 1. The number of hydrogen-bond acceptors (Lipinski definition) is 6. The Labute approximate surface area is 112 Å². The summed E-state index contributed by atoms with van der Waals surface area (Å²) in [6.45, 7) is 3.81. The van der Waals surface area contributed by atoms with Crippen LogP contribution >= 0.6 is 0 Å². The van der Waals surface area contributed by atoms with Gasteiger partial charge in [-0.1, -0.05) is 0 Å². The van der Waals surface area contributed by atoms with Crippen molar-refractivity contribution in [2.75, 3.05) is 24.6 Å². The minimum Gasteiger partial charge on any atom is -0.373 e. The van der Waals surface area contributed by atoms with Gasteiger partial charge >= 0.3 is 0 Å². The van der Waals surface area contributed by atoms with Gasteiger partial charge in [-0.15, -0.1) is 0 Å². The molecular formula is C11H18N4O3S. The van der Waals surface area contributed by atoms with Crippen LogP contribution in [0.15, 0.2) is 23.2 Å². The lowest BCUT2D eigenvalue weighted by Gasteiger charge is -2.35. The number of anilines is 1. The van der Waals surface area contributed by atoms with Gasteiger partial charge in [0.25, 0.3) is 0 Å². The van der Waals surface area contributed by atoms with Crippen LogP contribution in [0.25, 0.3) is 0 Å². The molecule has 2 unspecified atom stereocenters. The second-order valence-corrected chi connectivity index (χ2v) is 6.17. The summed E-state index contributed by atoms with van der Waals surface area (Å²) in [4.78, 5) is 6.16. The molecule has 0 radical (unpaired) electrons. The topological polar surface area (TPSA) is 112 Å². The van der Waals surface area contributed by atoms with Crippen molar-refractivity contribution in [3.05, 3.63) is 18.3 Å². The number of primary sulfonamides is 1. The van der Waals surface area contributed by atoms with Crippen LogP contribution in [0.5, 0.6) is 0 Å². The van der Waals surface area contributed by atoms with E-state index < -0.39 is 10.0 Å². The van der Waals surface area contributed by atoms with E-state index in [1.54, 1.807) is 6.07 Å². The Morgan fingerprint density at radius 1 is 1.53 bits per heavy atom. The number of aromatic nitrogens is 1. The monoisotopic (exact) mass is 286 g/mol. The van der Waals surface area contributed by atoms with E-state index in [1.807, 2.05) is 11.8 Å². The third-order valence-corrected chi connectivity index (χ3v) is 3.95. The molecule has 19 heavy (non-hydrogen) atoms. The first-order chi connectivity index (χ1) is 8.88. The summed E-state index contributed by atoms with van der Waals surface area (Å²) in [5, 5.41) is 5.03. The summed E-state index contributed by atoms with van der Waals surface area (Å²) in [6, 6.07) is 3.03. The summed E-state index contributed by atoms with van der Waals surface area (Å²) in [7, 11) is -3.70. The molecule has 0 bridgehead atoms. The van der Waals surface area contributed by atoms with Gasteiger partial charge in [-0.25, -0.2) is 18.5 Å². The molecule has 8 heteroatoms. The molecule has 0 aliphatic carbocycles. The number of nitrogens with zero attached hydrogens (tertiary/aromatic N) is 2. The van der Waals surface area contributed by atoms with Gasteiger partial charge in [-0.2, -0.15) is 0 Å². The van der Waals surface area contributed by atoms with Crippen molar-refractivity contribution in [3.8, 4) is 0 Å². The second kappa shape index (κ2) is 5.41. The molecule has 2 heterocycles. The van der Waals surface area contributed by atoms with Crippen LogP contribution in [0, 0.1) is 0 Å². The van der Waals surface area contributed by atoms with Gasteiger partial charge in [0.1, 0.15) is 10.7 Å². The normalized spacial score (nSPS) is 22.3. The van der Waals surface area contributed by atoms with E-state index in [1.165, 1.54) is 12.3 Å². The summed E-state index contributed by atoms with van der Waals surface area (Å²) < 4.78 is 27.9. The quantitative estimate of drug-likeness (QED) is 0.758. The van der Waals surface area contributed by atoms with E-state index in [0.29, 0.717) is 25.5 Å². The van der Waals surface area contributed by atoms with Crippen LogP contribution in [-0.2, 0) is 14.8 Å². The molecule has 1 aromatic heterocycles. The molecule has 1 fully saturated rings. The maximum Gasteiger partial charge on any atom is 0.239 e. The van der Waals surface area contributed by atoms with Gasteiger partial charge in [-0.3, -0.25) is 0 Å². The van der Waals surface area contributed by atoms with E-state index in [4.69, 9.17) is 15.6 Å². The third kappa shape index (κ3) is 3.41. The van der Waals surface area contributed by atoms with E-state index >= 15 is 0 Å².